The van der Waals surface area contributed by atoms with E-state index in [1.54, 1.807) is 0 Å². The highest BCUT2D eigenvalue weighted by Crippen LogP contribution is 2.10. The highest BCUT2D eigenvalue weighted by Gasteiger charge is 2.15. The summed E-state index contributed by atoms with van der Waals surface area (Å²) < 4.78 is 31.1. The zero-order chi connectivity index (χ0) is 12.3. The first kappa shape index (κ1) is 16.7. The van der Waals surface area contributed by atoms with Crippen molar-refractivity contribution in [3.8, 4) is 0 Å². The summed E-state index contributed by atoms with van der Waals surface area (Å²) in [5.74, 6) is 0.788. The summed E-state index contributed by atoms with van der Waals surface area (Å²) >= 11 is 0. The van der Waals surface area contributed by atoms with Crippen LogP contribution in [-0.2, 0) is 4.79 Å². The minimum Gasteiger partial charge on any atom is -0.359 e. The predicted octanol–water partition coefficient (Wildman–Crippen LogP) is 3.13. The molecule has 0 aliphatic carbocycles. The van der Waals surface area contributed by atoms with Crippen LogP contribution in [0.5, 0.6) is 0 Å². The molecule has 0 saturated carbocycles. The van der Waals surface area contributed by atoms with Crippen LogP contribution in [0.3, 0.4) is 0 Å². The van der Waals surface area contributed by atoms with Crippen molar-refractivity contribution in [2.75, 3.05) is 6.54 Å². The van der Waals surface area contributed by atoms with Crippen LogP contribution in [0, 0.1) is 5.92 Å². The Hall–Kier alpha value is -0.740. The number of nitrogens with one attached hydrogen (secondary N) is 1. The summed E-state index contributed by atoms with van der Waals surface area (Å²) in [6.45, 7) is 5.45. The van der Waals surface area contributed by atoms with Crippen molar-refractivity contribution in [3.05, 3.63) is 0 Å². The maximum absolute atomic E-state index is 10.4. The lowest BCUT2D eigenvalue weighted by molar-refractivity contribution is -0.110. The number of halogens is 3. The second-order valence-corrected chi connectivity index (χ2v) is 3.74. The number of carbonyl (C=O) groups excluding carboxylic acids is 1. The molecule has 5 heteroatoms. The summed E-state index contributed by atoms with van der Waals surface area (Å²) in [5, 5.41) is 2.64. The van der Waals surface area contributed by atoms with E-state index in [9.17, 15) is 18.0 Å². The van der Waals surface area contributed by atoms with E-state index in [0.717, 1.165) is 25.3 Å². The molecular formula is C10H20F3NO. The van der Waals surface area contributed by atoms with Gasteiger partial charge in [-0.1, -0.05) is 26.7 Å². The van der Waals surface area contributed by atoms with Gasteiger partial charge in [-0.2, -0.15) is 13.2 Å². The van der Waals surface area contributed by atoms with Crippen LogP contribution < -0.4 is 5.32 Å². The lowest BCUT2D eigenvalue weighted by Crippen LogP contribution is -2.11. The molecule has 15 heavy (non-hydrogen) atoms. The van der Waals surface area contributed by atoms with Gasteiger partial charge < -0.3 is 5.32 Å². The molecule has 0 rings (SSSR count). The van der Waals surface area contributed by atoms with Crippen LogP contribution in [0.25, 0.3) is 0 Å². The predicted molar refractivity (Wildman–Crippen MR) is 54.5 cm³/mol. The van der Waals surface area contributed by atoms with Gasteiger partial charge in [0.2, 0.25) is 6.41 Å². The van der Waals surface area contributed by atoms with Crippen molar-refractivity contribution < 1.29 is 18.0 Å². The van der Waals surface area contributed by atoms with Gasteiger partial charge in [-0.25, -0.2) is 0 Å². The molecule has 0 aromatic heterocycles. The topological polar surface area (TPSA) is 29.1 Å². The Morgan fingerprint density at radius 2 is 1.73 bits per heavy atom. The first-order chi connectivity index (χ1) is 6.77. The molecule has 0 aliphatic heterocycles. The molecule has 0 radical (unpaired) electrons. The van der Waals surface area contributed by atoms with E-state index in [1.807, 2.05) is 0 Å². The monoisotopic (exact) mass is 227 g/mol. The molecule has 0 aliphatic rings. The fourth-order valence-electron chi connectivity index (χ4n) is 0.839. The smallest absolute Gasteiger partial charge is 0.359 e. The molecule has 0 fully saturated rings. The molecule has 0 aromatic rings. The first-order valence-electron chi connectivity index (χ1n) is 5.01. The van der Waals surface area contributed by atoms with Crippen molar-refractivity contribution in [2.24, 2.45) is 5.92 Å². The average molecular weight is 227 g/mol. The van der Waals surface area contributed by atoms with Crippen LogP contribution in [0.1, 0.15) is 40.0 Å². The Bertz CT molecular complexity index is 140. The van der Waals surface area contributed by atoms with Gasteiger partial charge in [0.05, 0.1) is 0 Å². The summed E-state index contributed by atoms with van der Waals surface area (Å²) in [6.07, 6.45) is 0.353. The molecule has 0 unspecified atom stereocenters. The van der Waals surface area contributed by atoms with Crippen LogP contribution in [-0.4, -0.2) is 19.1 Å². The molecule has 2 nitrogen and oxygen atoms in total. The Balaban J connectivity index is 0. The van der Waals surface area contributed by atoms with Gasteiger partial charge in [0.15, 0.2) is 0 Å². The number of unbranched alkanes of at least 4 members (excludes halogenated alkanes) is 1. The normalized spacial score (nSPS) is 10.6. The highest BCUT2D eigenvalue weighted by atomic mass is 19.4. The van der Waals surface area contributed by atoms with Gasteiger partial charge in [0.1, 0.15) is 0 Å². The van der Waals surface area contributed by atoms with E-state index >= 15 is 0 Å². The van der Waals surface area contributed by atoms with Crippen molar-refractivity contribution in [3.63, 3.8) is 0 Å². The summed E-state index contributed by atoms with van der Waals surface area (Å²) in [4.78, 5) is 9.79. The van der Waals surface area contributed by atoms with Crippen molar-refractivity contribution in [1.82, 2.24) is 5.32 Å². The van der Waals surface area contributed by atoms with Gasteiger partial charge in [-0.3, -0.25) is 4.79 Å². The van der Waals surface area contributed by atoms with Crippen LogP contribution in [0.2, 0.25) is 0 Å². The van der Waals surface area contributed by atoms with Crippen LogP contribution in [0.15, 0.2) is 0 Å². The Kier molecular flexibility index (Phi) is 10.9. The van der Waals surface area contributed by atoms with Gasteiger partial charge in [0, 0.05) is 13.5 Å². The van der Waals surface area contributed by atoms with E-state index in [4.69, 9.17) is 0 Å². The third kappa shape index (κ3) is 42.9. The summed E-state index contributed by atoms with van der Waals surface area (Å²) in [6, 6.07) is 0. The number of alkyl halides is 3. The number of hydrogen-bond acceptors (Lipinski definition) is 1. The number of carbonyl (C=O) groups is 1. The number of rotatable bonds is 6. The van der Waals surface area contributed by atoms with Crippen LogP contribution in [0.4, 0.5) is 13.2 Å². The zero-order valence-electron chi connectivity index (χ0n) is 9.53. The number of amides is 1. The Labute approximate surface area is 89.2 Å². The van der Waals surface area contributed by atoms with E-state index in [0.29, 0.717) is 0 Å². The second-order valence-electron chi connectivity index (χ2n) is 3.74. The third-order valence-corrected chi connectivity index (χ3v) is 1.44. The fourth-order valence-corrected chi connectivity index (χ4v) is 0.839. The van der Waals surface area contributed by atoms with E-state index in [2.05, 4.69) is 19.2 Å². The highest BCUT2D eigenvalue weighted by molar-refractivity contribution is 5.45. The summed E-state index contributed by atoms with van der Waals surface area (Å²) in [7, 11) is 0. The molecule has 0 aromatic carbocycles. The third-order valence-electron chi connectivity index (χ3n) is 1.44. The molecule has 92 valence electrons. The first-order valence-corrected chi connectivity index (χ1v) is 5.01. The van der Waals surface area contributed by atoms with Gasteiger partial charge in [-0.05, 0) is 12.3 Å². The molecule has 1 N–H and O–H groups in total. The zero-order valence-corrected chi connectivity index (χ0v) is 9.53. The molecule has 0 bridgehead atoms. The largest absolute Gasteiger partial charge is 0.386 e. The molecule has 0 atom stereocenters. The minimum absolute atomic E-state index is 0.188. The molecule has 0 spiro atoms. The molecule has 0 heterocycles. The van der Waals surface area contributed by atoms with Crippen LogP contribution >= 0.6 is 0 Å². The molecular weight excluding hydrogens is 207 g/mol. The van der Waals surface area contributed by atoms with E-state index in [-0.39, 0.29) is 6.92 Å². The second kappa shape index (κ2) is 9.80. The number of hydrogen-bond donors (Lipinski definition) is 1. The minimum atomic E-state index is -4.00. The van der Waals surface area contributed by atoms with Gasteiger partial charge in [0.25, 0.3) is 0 Å². The van der Waals surface area contributed by atoms with E-state index < -0.39 is 6.18 Å². The van der Waals surface area contributed by atoms with Crippen molar-refractivity contribution in [1.29, 1.82) is 0 Å². The fraction of sp³-hybridized carbons (Fsp3) is 0.900. The molecule has 1 amide bonds. The maximum Gasteiger partial charge on any atom is 0.386 e. The maximum atomic E-state index is 10.4. The lowest BCUT2D eigenvalue weighted by atomic mass is 10.1. The summed E-state index contributed by atoms with van der Waals surface area (Å²) in [5.41, 5.74) is 0. The molecule has 0 saturated heterocycles. The van der Waals surface area contributed by atoms with E-state index in [1.165, 1.54) is 12.8 Å². The Morgan fingerprint density at radius 3 is 2.07 bits per heavy atom. The van der Waals surface area contributed by atoms with Crippen molar-refractivity contribution in [2.45, 2.75) is 46.2 Å². The average Bonchev–Trinajstić information content (AvgIpc) is 2.00. The quantitative estimate of drug-likeness (QED) is 0.548. The SMILES string of the molecule is CC(C)CCCCNC=O.CC(F)(F)F. The van der Waals surface area contributed by atoms with Gasteiger partial charge in [-0.15, -0.1) is 0 Å². The lowest BCUT2D eigenvalue weighted by Gasteiger charge is -2.02. The standard InChI is InChI=1S/C8H17NO.C2H3F3/c1-8(2)5-3-4-6-9-7-10;1-2(3,4)5/h7-8H,3-6H2,1-2H3,(H,9,10);1H3. The van der Waals surface area contributed by atoms with Crippen molar-refractivity contribution >= 4 is 6.41 Å². The van der Waals surface area contributed by atoms with Gasteiger partial charge >= 0.3 is 6.18 Å². The Morgan fingerprint density at radius 1 is 1.27 bits per heavy atom.